The van der Waals surface area contributed by atoms with Gasteiger partial charge in [-0.2, -0.15) is 0 Å². The van der Waals surface area contributed by atoms with Gasteiger partial charge in [0.05, 0.1) is 23.1 Å². The van der Waals surface area contributed by atoms with Crippen molar-refractivity contribution in [2.45, 2.75) is 38.3 Å². The van der Waals surface area contributed by atoms with Gasteiger partial charge in [0.15, 0.2) is 0 Å². The van der Waals surface area contributed by atoms with E-state index in [1.807, 2.05) is 49.1 Å². The van der Waals surface area contributed by atoms with Crippen LogP contribution in [0.2, 0.25) is 10.0 Å². The van der Waals surface area contributed by atoms with Crippen LogP contribution in [0.1, 0.15) is 30.6 Å². The molecule has 2 aliphatic rings. The highest BCUT2D eigenvalue weighted by Crippen LogP contribution is 2.26. The highest BCUT2D eigenvalue weighted by Gasteiger charge is 2.49. The maximum absolute atomic E-state index is 13.3. The van der Waals surface area contributed by atoms with E-state index in [-0.39, 0.29) is 23.0 Å². The summed E-state index contributed by atoms with van der Waals surface area (Å²) in [6.07, 6.45) is 0.354. The van der Waals surface area contributed by atoms with Gasteiger partial charge in [-0.3, -0.25) is 24.1 Å². The Morgan fingerprint density at radius 3 is 2.25 bits per heavy atom. The van der Waals surface area contributed by atoms with Gasteiger partial charge in [-0.25, -0.2) is 0 Å². The fourth-order valence-electron chi connectivity index (χ4n) is 4.80. The molecule has 0 aromatic heterocycles. The Kier molecular flexibility index (Phi) is 9.60. The highest BCUT2D eigenvalue weighted by atomic mass is 35.5. The van der Waals surface area contributed by atoms with Crippen LogP contribution in [0, 0.1) is 5.92 Å². The summed E-state index contributed by atoms with van der Waals surface area (Å²) < 4.78 is 11.4. The average molecular weight is 589 g/mol. The SMILES string of the molecule is CC(C)C[C@H](NC(=O)CNC(=O)c1cc(Cl)ccc1Cl)B1OC(=O)[C@H]2CN(c3ccccc3)C[C@@H](C(=O)O1)N2C. The minimum Gasteiger partial charge on any atom is -0.497 e. The van der Waals surface area contributed by atoms with E-state index in [0.717, 1.165) is 5.69 Å². The molecule has 0 radical (unpaired) electrons. The summed E-state index contributed by atoms with van der Waals surface area (Å²) >= 11 is 12.0. The molecule has 2 N–H and O–H groups in total. The molecular weight excluding hydrogens is 558 g/mol. The number of benzene rings is 2. The second-order valence-electron chi connectivity index (χ2n) is 10.3. The standard InChI is InChI=1S/C27H31BCl2N4O6/c1-16(2)11-23(32-24(35)13-31-25(36)19-12-17(29)9-10-20(19)30)28-39-26(37)21-14-34(18-7-5-4-6-8-18)15-22(33(21)3)27(38)40-28/h4-10,12,16,21-23H,11,13-15H2,1-3H3,(H,31,36)(H,32,35)/t21-,22+,23-/m0/s1. The van der Waals surface area contributed by atoms with Crippen molar-refractivity contribution in [2.24, 2.45) is 5.92 Å². The van der Waals surface area contributed by atoms with Crippen molar-refractivity contribution in [1.29, 1.82) is 0 Å². The molecule has 10 nitrogen and oxygen atoms in total. The highest BCUT2D eigenvalue weighted by molar-refractivity contribution is 6.51. The zero-order chi connectivity index (χ0) is 29.0. The van der Waals surface area contributed by atoms with Crippen LogP contribution < -0.4 is 15.5 Å². The average Bonchev–Trinajstić information content (AvgIpc) is 2.92. The number of anilines is 1. The number of piperazine rings is 1. The molecule has 2 bridgehead atoms. The number of fused-ring (bicyclic) bond motifs is 2. The third-order valence-electron chi connectivity index (χ3n) is 6.88. The van der Waals surface area contributed by atoms with Gasteiger partial charge >= 0.3 is 19.1 Å². The van der Waals surface area contributed by atoms with Crippen molar-refractivity contribution in [2.75, 3.05) is 31.6 Å². The van der Waals surface area contributed by atoms with Crippen LogP contribution in [0.5, 0.6) is 0 Å². The van der Waals surface area contributed by atoms with E-state index in [2.05, 4.69) is 10.6 Å². The van der Waals surface area contributed by atoms with Crippen molar-refractivity contribution in [3.8, 4) is 0 Å². The van der Waals surface area contributed by atoms with Gasteiger partial charge in [-0.1, -0.05) is 55.2 Å². The Hall–Kier alpha value is -3.28. The van der Waals surface area contributed by atoms with Crippen molar-refractivity contribution in [1.82, 2.24) is 15.5 Å². The molecule has 2 saturated heterocycles. The van der Waals surface area contributed by atoms with Crippen LogP contribution in [0.15, 0.2) is 48.5 Å². The molecular formula is C27H31BCl2N4O6. The first-order valence-electron chi connectivity index (χ1n) is 13.0. The molecule has 0 unspecified atom stereocenters. The van der Waals surface area contributed by atoms with E-state index in [1.54, 1.807) is 18.0 Å². The van der Waals surface area contributed by atoms with E-state index < -0.39 is 48.9 Å². The predicted molar refractivity (Wildman–Crippen MR) is 152 cm³/mol. The van der Waals surface area contributed by atoms with Crippen LogP contribution in [0.25, 0.3) is 0 Å². The van der Waals surface area contributed by atoms with Crippen molar-refractivity contribution >= 4 is 59.8 Å². The van der Waals surface area contributed by atoms with Crippen LogP contribution in [-0.4, -0.2) is 80.5 Å². The molecule has 2 aromatic rings. The molecule has 2 aliphatic heterocycles. The molecule has 2 aromatic carbocycles. The summed E-state index contributed by atoms with van der Waals surface area (Å²) in [7, 11) is 0.370. The first-order valence-corrected chi connectivity index (χ1v) is 13.7. The molecule has 4 rings (SSSR count). The van der Waals surface area contributed by atoms with Crippen molar-refractivity contribution in [3.63, 3.8) is 0 Å². The smallest absolute Gasteiger partial charge is 0.497 e. The molecule has 2 fully saturated rings. The molecule has 0 spiro atoms. The minimum atomic E-state index is -1.33. The first kappa shape index (κ1) is 29.7. The minimum absolute atomic E-state index is 0.0590. The van der Waals surface area contributed by atoms with Crippen LogP contribution >= 0.6 is 23.2 Å². The number of carbonyl (C=O) groups is 4. The number of amides is 2. The van der Waals surface area contributed by atoms with Gasteiger partial charge < -0.3 is 24.8 Å². The van der Waals surface area contributed by atoms with E-state index in [9.17, 15) is 19.2 Å². The van der Waals surface area contributed by atoms with E-state index in [4.69, 9.17) is 32.5 Å². The maximum Gasteiger partial charge on any atom is 0.622 e. The van der Waals surface area contributed by atoms with Gasteiger partial charge in [-0.15, -0.1) is 0 Å². The second-order valence-corrected chi connectivity index (χ2v) is 11.1. The third-order valence-corrected chi connectivity index (χ3v) is 7.45. The molecule has 212 valence electrons. The largest absolute Gasteiger partial charge is 0.622 e. The number of hydrogen-bond acceptors (Lipinski definition) is 8. The molecule has 0 aliphatic carbocycles. The summed E-state index contributed by atoms with van der Waals surface area (Å²) in [5.74, 6) is -3.02. The monoisotopic (exact) mass is 588 g/mol. The molecule has 40 heavy (non-hydrogen) atoms. The number of nitrogens with one attached hydrogen (secondary N) is 2. The Labute approximate surface area is 243 Å². The lowest BCUT2D eigenvalue weighted by molar-refractivity contribution is -0.155. The summed E-state index contributed by atoms with van der Waals surface area (Å²) in [6, 6.07) is 12.5. The number of rotatable bonds is 8. The quantitative estimate of drug-likeness (QED) is 0.452. The van der Waals surface area contributed by atoms with E-state index in [1.165, 1.54) is 12.1 Å². The van der Waals surface area contributed by atoms with Crippen molar-refractivity contribution in [3.05, 3.63) is 64.1 Å². The lowest BCUT2D eigenvalue weighted by Crippen LogP contribution is -2.67. The van der Waals surface area contributed by atoms with Crippen LogP contribution in [0.3, 0.4) is 0 Å². The Morgan fingerprint density at radius 2 is 1.65 bits per heavy atom. The predicted octanol–water partition coefficient (Wildman–Crippen LogP) is 2.57. The lowest BCUT2D eigenvalue weighted by Gasteiger charge is -2.45. The number of nitrogens with zero attached hydrogens (tertiary/aromatic N) is 2. The molecule has 2 amide bonds. The Balaban J connectivity index is 1.46. The normalized spacial score (nSPS) is 20.2. The Morgan fingerprint density at radius 1 is 1.02 bits per heavy atom. The number of hydrogen-bond donors (Lipinski definition) is 2. The maximum atomic E-state index is 13.3. The topological polar surface area (TPSA) is 117 Å². The van der Waals surface area contributed by atoms with Gasteiger partial charge in [0.1, 0.15) is 12.1 Å². The zero-order valence-corrected chi connectivity index (χ0v) is 23.9. The number of halogens is 2. The van der Waals surface area contributed by atoms with Crippen LogP contribution in [-0.2, 0) is 23.7 Å². The van der Waals surface area contributed by atoms with Gasteiger partial charge in [0, 0.05) is 23.8 Å². The molecule has 13 heteroatoms. The van der Waals surface area contributed by atoms with Gasteiger partial charge in [-0.05, 0) is 49.7 Å². The number of para-hydroxylation sites is 1. The number of likely N-dealkylation sites (N-methyl/N-ethyl adjacent to an activating group) is 1. The number of carbonyl (C=O) groups excluding carboxylic acids is 4. The van der Waals surface area contributed by atoms with Gasteiger partial charge in [0.25, 0.3) is 5.91 Å². The summed E-state index contributed by atoms with van der Waals surface area (Å²) in [6.45, 7) is 4.12. The summed E-state index contributed by atoms with van der Waals surface area (Å²) in [5.41, 5.74) is 1.01. The first-order chi connectivity index (χ1) is 19.0. The molecule has 2 heterocycles. The van der Waals surface area contributed by atoms with Crippen LogP contribution in [0.4, 0.5) is 5.69 Å². The Bertz CT molecular complexity index is 1240. The fourth-order valence-corrected chi connectivity index (χ4v) is 5.18. The zero-order valence-electron chi connectivity index (χ0n) is 22.4. The van der Waals surface area contributed by atoms with E-state index in [0.29, 0.717) is 24.5 Å². The van der Waals surface area contributed by atoms with E-state index >= 15 is 0 Å². The molecule has 3 atom stereocenters. The lowest BCUT2D eigenvalue weighted by atomic mass is 9.73. The summed E-state index contributed by atoms with van der Waals surface area (Å²) in [4.78, 5) is 55.7. The second kappa shape index (κ2) is 12.9. The fraction of sp³-hybridized carbons (Fsp3) is 0.407. The molecule has 0 saturated carbocycles. The summed E-state index contributed by atoms with van der Waals surface area (Å²) in [5, 5.41) is 5.78. The van der Waals surface area contributed by atoms with Gasteiger partial charge in [0.2, 0.25) is 5.91 Å². The van der Waals surface area contributed by atoms with Crippen molar-refractivity contribution < 1.29 is 28.5 Å². The third kappa shape index (κ3) is 7.07.